The van der Waals surface area contributed by atoms with E-state index in [4.69, 9.17) is 0 Å². The normalized spacial score (nSPS) is 11.4. The van der Waals surface area contributed by atoms with Crippen LogP contribution in [-0.2, 0) is 5.41 Å². The zero-order valence-electron chi connectivity index (χ0n) is 14.0. The second kappa shape index (κ2) is 6.79. The first-order valence-corrected chi connectivity index (χ1v) is 7.18. The predicted octanol–water partition coefficient (Wildman–Crippen LogP) is 5.72. The van der Waals surface area contributed by atoms with Crippen molar-refractivity contribution in [3.63, 3.8) is 0 Å². The Balaban J connectivity index is 0.00000154. The molecule has 0 amide bonds. The van der Waals surface area contributed by atoms with Gasteiger partial charge in [0.05, 0.1) is 0 Å². The van der Waals surface area contributed by atoms with Gasteiger partial charge in [-0.15, -0.1) is 0 Å². The van der Waals surface area contributed by atoms with Crippen molar-refractivity contribution in [2.45, 2.75) is 53.9 Å². The van der Waals surface area contributed by atoms with Gasteiger partial charge in [0.25, 0.3) is 0 Å². The molecule has 0 aliphatic heterocycles. The van der Waals surface area contributed by atoms with E-state index >= 15 is 0 Å². The topological polar surface area (TPSA) is 12.0 Å². The lowest BCUT2D eigenvalue weighted by atomic mass is 9.65. The molecule has 0 fully saturated rings. The van der Waals surface area contributed by atoms with Gasteiger partial charge in [-0.05, 0) is 34.1 Å². The number of anilines is 1. The van der Waals surface area contributed by atoms with Crippen LogP contribution in [0.1, 0.15) is 59.6 Å². The van der Waals surface area contributed by atoms with Gasteiger partial charge in [-0.1, -0.05) is 67.2 Å². The van der Waals surface area contributed by atoms with Gasteiger partial charge in [0.1, 0.15) is 0 Å². The van der Waals surface area contributed by atoms with Crippen LogP contribution in [0.15, 0.2) is 24.8 Å². The predicted molar refractivity (Wildman–Crippen MR) is 89.9 cm³/mol. The first kappa shape index (κ1) is 17.8. The fourth-order valence-electron chi connectivity index (χ4n) is 1.78. The summed E-state index contributed by atoms with van der Waals surface area (Å²) in [4.78, 5) is 0. The molecule has 19 heavy (non-hydrogen) atoms. The van der Waals surface area contributed by atoms with Crippen LogP contribution in [0, 0.1) is 5.41 Å². The van der Waals surface area contributed by atoms with Gasteiger partial charge in [-0.3, -0.25) is 0 Å². The minimum Gasteiger partial charge on any atom is -0.388 e. The van der Waals surface area contributed by atoms with Crippen LogP contribution in [0.3, 0.4) is 0 Å². The lowest BCUT2D eigenvalue weighted by Crippen LogP contribution is -2.34. The smallest absolute Gasteiger partial charge is 0.0411 e. The molecule has 108 valence electrons. The van der Waals surface area contributed by atoms with Gasteiger partial charge >= 0.3 is 0 Å². The van der Waals surface area contributed by atoms with E-state index in [-0.39, 0.29) is 10.8 Å². The largest absolute Gasteiger partial charge is 0.388 e. The Kier molecular flexibility index (Phi) is 6.35. The molecule has 0 bridgehead atoms. The SMILES string of the molecule is C=Cc1cc(C(C)(C)C(C)(C)C)ccc1NC.CC. The van der Waals surface area contributed by atoms with E-state index in [1.54, 1.807) is 0 Å². The molecule has 0 aliphatic rings. The maximum Gasteiger partial charge on any atom is 0.0411 e. The lowest BCUT2D eigenvalue weighted by Gasteiger charge is -2.39. The molecule has 1 aromatic rings. The van der Waals surface area contributed by atoms with Gasteiger partial charge in [-0.25, -0.2) is 0 Å². The number of nitrogens with one attached hydrogen (secondary N) is 1. The van der Waals surface area contributed by atoms with E-state index in [0.717, 1.165) is 5.69 Å². The minimum absolute atomic E-state index is 0.136. The molecule has 1 heteroatoms. The number of rotatable bonds is 3. The number of hydrogen-bond acceptors (Lipinski definition) is 1. The summed E-state index contributed by atoms with van der Waals surface area (Å²) in [5.41, 5.74) is 4.03. The zero-order valence-corrected chi connectivity index (χ0v) is 14.0. The lowest BCUT2D eigenvalue weighted by molar-refractivity contribution is 0.225. The third-order valence-electron chi connectivity index (χ3n) is 4.14. The van der Waals surface area contributed by atoms with Crippen LogP contribution in [-0.4, -0.2) is 7.05 Å². The summed E-state index contributed by atoms with van der Waals surface area (Å²) in [5.74, 6) is 0. The van der Waals surface area contributed by atoms with E-state index < -0.39 is 0 Å². The van der Waals surface area contributed by atoms with Gasteiger partial charge in [0, 0.05) is 12.7 Å². The highest BCUT2D eigenvalue weighted by molar-refractivity contribution is 5.66. The number of hydrogen-bond donors (Lipinski definition) is 1. The molecule has 1 aromatic carbocycles. The van der Waals surface area contributed by atoms with Crippen LogP contribution in [0.4, 0.5) is 5.69 Å². The van der Waals surface area contributed by atoms with Crippen LogP contribution < -0.4 is 5.32 Å². The second-order valence-electron chi connectivity index (χ2n) is 6.13. The molecule has 0 radical (unpaired) electrons. The second-order valence-corrected chi connectivity index (χ2v) is 6.13. The monoisotopic (exact) mass is 261 g/mol. The van der Waals surface area contributed by atoms with E-state index in [1.165, 1.54) is 11.1 Å². The van der Waals surface area contributed by atoms with Crippen molar-refractivity contribution in [2.75, 3.05) is 12.4 Å². The van der Waals surface area contributed by atoms with Crippen molar-refractivity contribution in [1.82, 2.24) is 0 Å². The van der Waals surface area contributed by atoms with Crippen molar-refractivity contribution in [2.24, 2.45) is 5.41 Å². The average Bonchev–Trinajstić information content (AvgIpc) is 2.38. The molecule has 1 N–H and O–H groups in total. The summed E-state index contributed by atoms with van der Waals surface area (Å²) in [6.45, 7) is 19.3. The summed E-state index contributed by atoms with van der Waals surface area (Å²) in [7, 11) is 1.94. The fraction of sp³-hybridized carbons (Fsp3) is 0.556. The van der Waals surface area contributed by atoms with Crippen molar-refractivity contribution < 1.29 is 0 Å². The quantitative estimate of drug-likeness (QED) is 0.733. The van der Waals surface area contributed by atoms with Gasteiger partial charge in [-0.2, -0.15) is 0 Å². The van der Waals surface area contributed by atoms with Crippen molar-refractivity contribution >= 4 is 11.8 Å². The molecular formula is C18H31N. The highest BCUT2D eigenvalue weighted by atomic mass is 14.8. The summed E-state index contributed by atoms with van der Waals surface area (Å²) in [5, 5.41) is 3.19. The Morgan fingerprint density at radius 1 is 1.05 bits per heavy atom. The van der Waals surface area contributed by atoms with E-state index in [1.807, 2.05) is 27.0 Å². The van der Waals surface area contributed by atoms with Crippen LogP contribution >= 0.6 is 0 Å². The summed E-state index contributed by atoms with van der Waals surface area (Å²) < 4.78 is 0. The summed E-state index contributed by atoms with van der Waals surface area (Å²) in [6, 6.07) is 6.59. The first-order valence-electron chi connectivity index (χ1n) is 7.18. The van der Waals surface area contributed by atoms with Crippen molar-refractivity contribution in [1.29, 1.82) is 0 Å². The summed E-state index contributed by atoms with van der Waals surface area (Å²) in [6.07, 6.45) is 1.91. The van der Waals surface area contributed by atoms with Crippen LogP contribution in [0.25, 0.3) is 6.08 Å². The Morgan fingerprint density at radius 2 is 1.58 bits per heavy atom. The van der Waals surface area contributed by atoms with Gasteiger partial charge < -0.3 is 5.32 Å². The fourth-order valence-corrected chi connectivity index (χ4v) is 1.78. The maximum absolute atomic E-state index is 3.88. The zero-order chi connectivity index (χ0) is 15.3. The molecule has 0 aromatic heterocycles. The van der Waals surface area contributed by atoms with E-state index in [2.05, 4.69) is 64.7 Å². The molecule has 0 aliphatic carbocycles. The Morgan fingerprint density at radius 3 is 1.95 bits per heavy atom. The molecule has 0 unspecified atom stereocenters. The Hall–Kier alpha value is -1.24. The molecule has 1 rings (SSSR count). The highest BCUT2D eigenvalue weighted by Crippen LogP contribution is 2.41. The van der Waals surface area contributed by atoms with Crippen LogP contribution in [0.5, 0.6) is 0 Å². The third-order valence-corrected chi connectivity index (χ3v) is 4.14. The Bertz CT molecular complexity index is 408. The highest BCUT2D eigenvalue weighted by Gasteiger charge is 2.34. The molecule has 1 nitrogen and oxygen atoms in total. The molecule has 0 saturated heterocycles. The first-order chi connectivity index (χ1) is 8.74. The van der Waals surface area contributed by atoms with Gasteiger partial charge in [0.2, 0.25) is 0 Å². The minimum atomic E-state index is 0.136. The van der Waals surface area contributed by atoms with Crippen molar-refractivity contribution in [3.8, 4) is 0 Å². The summed E-state index contributed by atoms with van der Waals surface area (Å²) >= 11 is 0. The average molecular weight is 261 g/mol. The van der Waals surface area contributed by atoms with Crippen molar-refractivity contribution in [3.05, 3.63) is 35.9 Å². The molecular weight excluding hydrogens is 230 g/mol. The number of benzene rings is 1. The molecule has 0 heterocycles. The van der Waals surface area contributed by atoms with E-state index in [0.29, 0.717) is 0 Å². The van der Waals surface area contributed by atoms with Gasteiger partial charge in [0.15, 0.2) is 0 Å². The third kappa shape index (κ3) is 3.86. The molecule has 0 atom stereocenters. The van der Waals surface area contributed by atoms with Crippen LogP contribution in [0.2, 0.25) is 0 Å². The molecule has 0 spiro atoms. The van der Waals surface area contributed by atoms with E-state index in [9.17, 15) is 0 Å². The maximum atomic E-state index is 3.88. The standard InChI is InChI=1S/C16H25N.C2H6/c1-8-12-11-13(9-10-14(12)17-7)16(5,6)15(2,3)4;1-2/h8-11,17H,1H2,2-7H3;1-2H3. The Labute approximate surface area is 120 Å². The molecule has 0 saturated carbocycles.